The molecule has 0 aromatic heterocycles. The molecule has 4 aliphatic rings. The standard InChI is InChI=1S/C27H44N2O3/c1-16(2)7-6-8-17(3)19-11-12-20-18-9-10-22-24(29-32)25(30)23(28-31)15-27(22,5)21(18)13-14-26(19,20)4/h16-22,31-32H,6-15H2,1-5H3/t17-,18+,19-,20+,21+,22+,26-,27-/m1/s1. The van der Waals surface area contributed by atoms with E-state index in [0.29, 0.717) is 23.7 Å². The Kier molecular flexibility index (Phi) is 6.50. The van der Waals surface area contributed by atoms with Gasteiger partial charge in [-0.2, -0.15) is 0 Å². The van der Waals surface area contributed by atoms with E-state index in [9.17, 15) is 15.2 Å². The summed E-state index contributed by atoms with van der Waals surface area (Å²) in [4.78, 5) is 12.6. The first kappa shape index (κ1) is 23.8. The summed E-state index contributed by atoms with van der Waals surface area (Å²) in [5.41, 5.74) is 0.658. The van der Waals surface area contributed by atoms with Gasteiger partial charge >= 0.3 is 0 Å². The predicted octanol–water partition coefficient (Wildman–Crippen LogP) is 6.56. The molecule has 5 heteroatoms. The maximum Gasteiger partial charge on any atom is 0.228 e. The molecule has 8 atom stereocenters. The first-order valence-electron chi connectivity index (χ1n) is 13.1. The van der Waals surface area contributed by atoms with Crippen LogP contribution in [0.15, 0.2) is 10.3 Å². The number of ketones is 1. The Hall–Kier alpha value is -1.39. The first-order valence-corrected chi connectivity index (χ1v) is 13.1. The molecule has 0 radical (unpaired) electrons. The van der Waals surface area contributed by atoms with Crippen LogP contribution in [0.2, 0.25) is 0 Å². The minimum Gasteiger partial charge on any atom is -0.411 e. The van der Waals surface area contributed by atoms with Crippen LogP contribution in [0.25, 0.3) is 0 Å². The van der Waals surface area contributed by atoms with E-state index in [1.165, 1.54) is 44.9 Å². The van der Waals surface area contributed by atoms with Crippen molar-refractivity contribution in [2.45, 2.75) is 98.8 Å². The quantitative estimate of drug-likeness (QED) is 0.372. The van der Waals surface area contributed by atoms with Gasteiger partial charge in [-0.05, 0) is 84.9 Å². The fourth-order valence-electron chi connectivity index (χ4n) is 9.13. The highest BCUT2D eigenvalue weighted by Crippen LogP contribution is 2.67. The number of nitrogens with zero attached hydrogens (tertiary/aromatic N) is 2. The van der Waals surface area contributed by atoms with Crippen molar-refractivity contribution in [1.82, 2.24) is 0 Å². The second kappa shape index (κ2) is 8.76. The Morgan fingerprint density at radius 2 is 1.66 bits per heavy atom. The highest BCUT2D eigenvalue weighted by atomic mass is 16.4. The molecule has 180 valence electrons. The van der Waals surface area contributed by atoms with Crippen molar-refractivity contribution in [2.24, 2.45) is 62.6 Å². The maximum atomic E-state index is 12.6. The summed E-state index contributed by atoms with van der Waals surface area (Å²) in [5, 5.41) is 25.9. The molecule has 4 saturated carbocycles. The summed E-state index contributed by atoms with van der Waals surface area (Å²) in [7, 11) is 0. The van der Waals surface area contributed by atoms with Crippen molar-refractivity contribution >= 4 is 17.2 Å². The van der Waals surface area contributed by atoms with E-state index in [1.54, 1.807) is 0 Å². The monoisotopic (exact) mass is 444 g/mol. The molecule has 0 aromatic rings. The van der Waals surface area contributed by atoms with Gasteiger partial charge in [0.15, 0.2) is 0 Å². The molecule has 0 heterocycles. The molecule has 5 nitrogen and oxygen atoms in total. The Morgan fingerprint density at radius 1 is 0.938 bits per heavy atom. The largest absolute Gasteiger partial charge is 0.411 e. The smallest absolute Gasteiger partial charge is 0.228 e. The third-order valence-electron chi connectivity index (χ3n) is 10.7. The van der Waals surface area contributed by atoms with E-state index in [2.05, 4.69) is 44.9 Å². The molecule has 0 aliphatic heterocycles. The van der Waals surface area contributed by atoms with Crippen LogP contribution in [0, 0.1) is 52.3 Å². The zero-order chi connectivity index (χ0) is 23.3. The Morgan fingerprint density at radius 3 is 2.31 bits per heavy atom. The molecular weight excluding hydrogens is 400 g/mol. The zero-order valence-electron chi connectivity index (χ0n) is 20.8. The lowest BCUT2D eigenvalue weighted by Crippen LogP contribution is -2.58. The summed E-state index contributed by atoms with van der Waals surface area (Å²) >= 11 is 0. The van der Waals surface area contributed by atoms with Gasteiger partial charge in [0, 0.05) is 12.3 Å². The molecule has 0 saturated heterocycles. The zero-order valence-corrected chi connectivity index (χ0v) is 20.8. The van der Waals surface area contributed by atoms with Gasteiger partial charge in [-0.15, -0.1) is 0 Å². The Balaban J connectivity index is 1.55. The average molecular weight is 445 g/mol. The van der Waals surface area contributed by atoms with E-state index >= 15 is 0 Å². The third-order valence-corrected chi connectivity index (χ3v) is 10.7. The van der Waals surface area contributed by atoms with Crippen molar-refractivity contribution in [2.75, 3.05) is 0 Å². The summed E-state index contributed by atoms with van der Waals surface area (Å²) in [6.07, 6.45) is 11.7. The van der Waals surface area contributed by atoms with E-state index in [0.717, 1.165) is 36.5 Å². The molecular formula is C27H44N2O3. The topological polar surface area (TPSA) is 82.2 Å². The van der Waals surface area contributed by atoms with Crippen LogP contribution < -0.4 is 0 Å². The fourth-order valence-corrected chi connectivity index (χ4v) is 9.13. The van der Waals surface area contributed by atoms with Gasteiger partial charge in [0.2, 0.25) is 5.78 Å². The van der Waals surface area contributed by atoms with Crippen molar-refractivity contribution in [3.63, 3.8) is 0 Å². The van der Waals surface area contributed by atoms with Crippen molar-refractivity contribution in [3.8, 4) is 0 Å². The molecule has 0 bridgehead atoms. The van der Waals surface area contributed by atoms with E-state index in [1.807, 2.05) is 0 Å². The molecule has 4 aliphatic carbocycles. The highest BCUT2D eigenvalue weighted by Gasteiger charge is 2.62. The molecule has 0 aromatic carbocycles. The SMILES string of the molecule is CC(C)CCC[C@@H](C)[C@H]1CC[C@H]2[C@@H]3CC[C@H]4C(=NO)C(=O)C(=NO)C[C@]4(C)[C@H]3CC[C@]12C. The number of carbonyl (C=O) groups excluding carboxylic acids is 1. The van der Waals surface area contributed by atoms with Crippen LogP contribution in [0.4, 0.5) is 0 Å². The summed E-state index contributed by atoms with van der Waals surface area (Å²) in [6, 6.07) is 0. The molecule has 4 rings (SSSR count). The first-order chi connectivity index (χ1) is 15.2. The van der Waals surface area contributed by atoms with Crippen LogP contribution in [0.3, 0.4) is 0 Å². The number of hydrogen-bond acceptors (Lipinski definition) is 5. The number of carbonyl (C=O) groups is 1. The average Bonchev–Trinajstić information content (AvgIpc) is 3.10. The van der Waals surface area contributed by atoms with Crippen molar-refractivity contribution < 1.29 is 15.2 Å². The lowest BCUT2D eigenvalue weighted by atomic mass is 9.44. The van der Waals surface area contributed by atoms with Gasteiger partial charge in [-0.1, -0.05) is 64.2 Å². The normalized spacial score (nSPS) is 45.1. The van der Waals surface area contributed by atoms with E-state index in [-0.39, 0.29) is 28.5 Å². The van der Waals surface area contributed by atoms with Crippen LogP contribution in [0.1, 0.15) is 98.8 Å². The van der Waals surface area contributed by atoms with Crippen LogP contribution in [-0.2, 0) is 4.79 Å². The van der Waals surface area contributed by atoms with Crippen LogP contribution in [-0.4, -0.2) is 27.6 Å². The molecule has 0 unspecified atom stereocenters. The highest BCUT2D eigenvalue weighted by molar-refractivity contribution is 6.67. The summed E-state index contributed by atoms with van der Waals surface area (Å²) in [6.45, 7) is 12.0. The number of hydrogen-bond donors (Lipinski definition) is 2. The number of Topliss-reactive ketones (excluding diaryl/α,β-unsaturated/α-hetero) is 1. The Labute approximate surface area is 194 Å². The Bertz CT molecular complexity index is 790. The third kappa shape index (κ3) is 3.62. The van der Waals surface area contributed by atoms with Gasteiger partial charge in [0.1, 0.15) is 11.4 Å². The maximum absolute atomic E-state index is 12.6. The molecule has 0 amide bonds. The summed E-state index contributed by atoms with van der Waals surface area (Å²) in [5.74, 6) is 3.92. The van der Waals surface area contributed by atoms with Crippen molar-refractivity contribution in [1.29, 1.82) is 0 Å². The number of fused-ring (bicyclic) bond motifs is 5. The van der Waals surface area contributed by atoms with Gasteiger partial charge in [-0.25, -0.2) is 0 Å². The predicted molar refractivity (Wildman–Crippen MR) is 127 cm³/mol. The molecule has 2 N–H and O–H groups in total. The molecule has 32 heavy (non-hydrogen) atoms. The van der Waals surface area contributed by atoms with E-state index < -0.39 is 0 Å². The second-order valence-corrected chi connectivity index (χ2v) is 12.6. The summed E-state index contributed by atoms with van der Waals surface area (Å²) < 4.78 is 0. The molecule has 0 spiro atoms. The van der Waals surface area contributed by atoms with Gasteiger partial charge < -0.3 is 10.4 Å². The fraction of sp³-hybridized carbons (Fsp3) is 0.889. The van der Waals surface area contributed by atoms with Crippen molar-refractivity contribution in [3.05, 3.63) is 0 Å². The minimum absolute atomic E-state index is 0.0248. The lowest BCUT2D eigenvalue weighted by Gasteiger charge is -2.60. The van der Waals surface area contributed by atoms with E-state index in [4.69, 9.17) is 0 Å². The van der Waals surface area contributed by atoms with Crippen LogP contribution in [0.5, 0.6) is 0 Å². The van der Waals surface area contributed by atoms with Gasteiger partial charge in [0.25, 0.3) is 0 Å². The van der Waals surface area contributed by atoms with Gasteiger partial charge in [-0.3, -0.25) is 4.79 Å². The number of rotatable bonds is 5. The number of oxime groups is 2. The van der Waals surface area contributed by atoms with Crippen LogP contribution >= 0.6 is 0 Å². The minimum atomic E-state index is -0.368. The van der Waals surface area contributed by atoms with Gasteiger partial charge in [0.05, 0.1) is 0 Å². The second-order valence-electron chi connectivity index (χ2n) is 12.6. The molecule has 4 fully saturated rings. The lowest BCUT2D eigenvalue weighted by molar-refractivity contribution is -0.113.